The van der Waals surface area contributed by atoms with Crippen LogP contribution in [0.25, 0.3) is 0 Å². The number of amides is 1. The normalized spacial score (nSPS) is 11.5. The van der Waals surface area contributed by atoms with Crippen LogP contribution in [-0.4, -0.2) is 26.1 Å². The van der Waals surface area contributed by atoms with E-state index in [1.807, 2.05) is 56.3 Å². The molecule has 5 heteroatoms. The highest BCUT2D eigenvalue weighted by Crippen LogP contribution is 2.21. The molecule has 0 aliphatic heterocycles. The number of nitrogens with one attached hydrogen (secondary N) is 1. The van der Waals surface area contributed by atoms with E-state index in [0.29, 0.717) is 0 Å². The Balaban J connectivity index is 2.12. The predicted molar refractivity (Wildman–Crippen MR) is 100 cm³/mol. The lowest BCUT2D eigenvalue weighted by Crippen LogP contribution is -2.31. The lowest BCUT2D eigenvalue weighted by atomic mass is 10.0. The van der Waals surface area contributed by atoms with Crippen LogP contribution in [0, 0.1) is 13.8 Å². The molecule has 2 aromatic rings. The maximum absolute atomic E-state index is 12.5. The molecule has 2 rings (SSSR count). The Labute approximate surface area is 154 Å². The first-order valence-electron chi connectivity index (χ1n) is 8.49. The van der Waals surface area contributed by atoms with Gasteiger partial charge in [0.1, 0.15) is 5.75 Å². The Morgan fingerprint density at radius 1 is 1.04 bits per heavy atom. The van der Waals surface area contributed by atoms with Gasteiger partial charge in [-0.2, -0.15) is 0 Å². The second kappa shape index (κ2) is 9.04. The van der Waals surface area contributed by atoms with Crippen molar-refractivity contribution in [3.63, 3.8) is 0 Å². The van der Waals surface area contributed by atoms with Gasteiger partial charge in [-0.15, -0.1) is 0 Å². The van der Waals surface area contributed by atoms with E-state index in [0.717, 1.165) is 28.0 Å². The first-order chi connectivity index (χ1) is 12.4. The molecule has 0 radical (unpaired) electrons. The van der Waals surface area contributed by atoms with Crippen molar-refractivity contribution in [3.8, 4) is 5.75 Å². The van der Waals surface area contributed by atoms with Crippen LogP contribution in [0.1, 0.15) is 34.7 Å². The highest BCUT2D eigenvalue weighted by atomic mass is 16.5. The minimum Gasteiger partial charge on any atom is -0.496 e. The minimum absolute atomic E-state index is 0.0858. The molecule has 2 aromatic carbocycles. The molecular weight excluding hydrogens is 330 g/mol. The summed E-state index contributed by atoms with van der Waals surface area (Å²) in [5.74, 6) is 0.221. The fourth-order valence-corrected chi connectivity index (χ4v) is 2.71. The topological polar surface area (TPSA) is 64.6 Å². The Morgan fingerprint density at radius 3 is 2.35 bits per heavy atom. The van der Waals surface area contributed by atoms with Crippen molar-refractivity contribution in [2.45, 2.75) is 32.7 Å². The molecule has 0 aliphatic carbocycles. The summed E-state index contributed by atoms with van der Waals surface area (Å²) in [4.78, 5) is 24.2. The Morgan fingerprint density at radius 2 is 1.73 bits per heavy atom. The summed E-state index contributed by atoms with van der Waals surface area (Å²) in [7, 11) is 2.95. The molecule has 138 valence electrons. The van der Waals surface area contributed by atoms with E-state index in [1.54, 1.807) is 7.11 Å². The summed E-state index contributed by atoms with van der Waals surface area (Å²) in [6.07, 6.45) is 0.294. The van der Waals surface area contributed by atoms with Gasteiger partial charge in [0, 0.05) is 0 Å². The number of rotatable bonds is 7. The van der Waals surface area contributed by atoms with E-state index >= 15 is 0 Å². The maximum atomic E-state index is 12.5. The summed E-state index contributed by atoms with van der Waals surface area (Å²) in [5.41, 5.74) is 3.85. The van der Waals surface area contributed by atoms with Gasteiger partial charge in [-0.25, -0.2) is 0 Å². The fraction of sp³-hybridized carbons (Fsp3) is 0.333. The van der Waals surface area contributed by atoms with Gasteiger partial charge in [-0.05, 0) is 36.6 Å². The van der Waals surface area contributed by atoms with E-state index in [-0.39, 0.29) is 24.7 Å². The van der Waals surface area contributed by atoms with Gasteiger partial charge in [-0.1, -0.05) is 42.0 Å². The van der Waals surface area contributed by atoms with Gasteiger partial charge in [-0.3, -0.25) is 9.59 Å². The number of hydrogen-bond acceptors (Lipinski definition) is 4. The molecule has 1 amide bonds. The van der Waals surface area contributed by atoms with Crippen LogP contribution in [0.3, 0.4) is 0 Å². The second-order valence-corrected chi connectivity index (χ2v) is 6.29. The number of carbonyl (C=O) groups excluding carboxylic acids is 2. The number of hydrogen-bond donors (Lipinski definition) is 1. The molecule has 0 aromatic heterocycles. The van der Waals surface area contributed by atoms with Crippen LogP contribution < -0.4 is 10.1 Å². The van der Waals surface area contributed by atoms with Gasteiger partial charge < -0.3 is 14.8 Å². The first kappa shape index (κ1) is 19.5. The molecule has 1 atom stereocenters. The summed E-state index contributed by atoms with van der Waals surface area (Å²) in [6, 6.07) is 13.0. The molecule has 1 unspecified atom stereocenters. The second-order valence-electron chi connectivity index (χ2n) is 6.29. The highest BCUT2D eigenvalue weighted by Gasteiger charge is 2.19. The largest absolute Gasteiger partial charge is 0.496 e. The van der Waals surface area contributed by atoms with Crippen LogP contribution in [0.4, 0.5) is 0 Å². The van der Waals surface area contributed by atoms with Crippen molar-refractivity contribution in [1.82, 2.24) is 5.32 Å². The summed E-state index contributed by atoms with van der Waals surface area (Å²) >= 11 is 0. The molecule has 0 bridgehead atoms. The average Bonchev–Trinajstić information content (AvgIpc) is 2.63. The van der Waals surface area contributed by atoms with Gasteiger partial charge in [0.05, 0.1) is 33.1 Å². The standard InChI is InChI=1S/C21H25NO4/c1-14-5-9-17(10-6-14)18(13-21(24)26-4)22-20(23)12-16-8-7-15(2)19(11-16)25-3/h5-11,18H,12-13H2,1-4H3,(H,22,23). The van der Waals surface area contributed by atoms with E-state index in [4.69, 9.17) is 9.47 Å². The Kier molecular flexibility index (Phi) is 6.78. The number of esters is 1. The predicted octanol–water partition coefficient (Wildman–Crippen LogP) is 3.28. The Hall–Kier alpha value is -2.82. The quantitative estimate of drug-likeness (QED) is 0.774. The monoisotopic (exact) mass is 355 g/mol. The smallest absolute Gasteiger partial charge is 0.307 e. The molecule has 1 N–H and O–H groups in total. The van der Waals surface area contributed by atoms with Gasteiger partial charge in [0.15, 0.2) is 0 Å². The van der Waals surface area contributed by atoms with E-state index in [9.17, 15) is 9.59 Å². The summed E-state index contributed by atoms with van der Waals surface area (Å²) in [6.45, 7) is 3.94. The average molecular weight is 355 g/mol. The van der Waals surface area contributed by atoms with Crippen molar-refractivity contribution in [1.29, 1.82) is 0 Å². The van der Waals surface area contributed by atoms with Crippen LogP contribution >= 0.6 is 0 Å². The molecular formula is C21H25NO4. The third-order valence-electron chi connectivity index (χ3n) is 4.25. The van der Waals surface area contributed by atoms with Crippen molar-refractivity contribution >= 4 is 11.9 Å². The van der Waals surface area contributed by atoms with Crippen molar-refractivity contribution in [3.05, 3.63) is 64.7 Å². The number of aryl methyl sites for hydroxylation is 2. The molecule has 0 aliphatic rings. The van der Waals surface area contributed by atoms with Crippen molar-refractivity contribution in [2.24, 2.45) is 0 Å². The first-order valence-corrected chi connectivity index (χ1v) is 8.49. The molecule has 0 heterocycles. The Bertz CT molecular complexity index is 768. The van der Waals surface area contributed by atoms with Crippen LogP contribution in [-0.2, 0) is 20.7 Å². The number of benzene rings is 2. The zero-order chi connectivity index (χ0) is 19.1. The molecule has 26 heavy (non-hydrogen) atoms. The lowest BCUT2D eigenvalue weighted by molar-refractivity contribution is -0.141. The van der Waals surface area contributed by atoms with Crippen LogP contribution in [0.2, 0.25) is 0 Å². The number of ether oxygens (including phenoxy) is 2. The van der Waals surface area contributed by atoms with E-state index in [1.165, 1.54) is 7.11 Å². The van der Waals surface area contributed by atoms with E-state index < -0.39 is 6.04 Å². The molecule has 0 spiro atoms. The van der Waals surface area contributed by atoms with Crippen molar-refractivity contribution < 1.29 is 19.1 Å². The van der Waals surface area contributed by atoms with Crippen molar-refractivity contribution in [2.75, 3.05) is 14.2 Å². The zero-order valence-corrected chi connectivity index (χ0v) is 15.7. The molecule has 0 fully saturated rings. The SMILES string of the molecule is COC(=O)CC(NC(=O)Cc1ccc(C)c(OC)c1)c1ccc(C)cc1. The number of carbonyl (C=O) groups is 2. The van der Waals surface area contributed by atoms with Gasteiger partial charge in [0.25, 0.3) is 0 Å². The third kappa shape index (κ3) is 5.34. The van der Waals surface area contributed by atoms with Crippen LogP contribution in [0.5, 0.6) is 5.75 Å². The molecule has 0 saturated carbocycles. The lowest BCUT2D eigenvalue weighted by Gasteiger charge is -2.19. The van der Waals surface area contributed by atoms with Crippen LogP contribution in [0.15, 0.2) is 42.5 Å². The molecule has 0 saturated heterocycles. The third-order valence-corrected chi connectivity index (χ3v) is 4.25. The highest BCUT2D eigenvalue weighted by molar-refractivity contribution is 5.80. The van der Waals surface area contributed by atoms with E-state index in [2.05, 4.69) is 5.32 Å². The number of methoxy groups -OCH3 is 2. The maximum Gasteiger partial charge on any atom is 0.307 e. The summed E-state index contributed by atoms with van der Waals surface area (Å²) in [5, 5.41) is 2.94. The minimum atomic E-state index is -0.428. The summed E-state index contributed by atoms with van der Waals surface area (Å²) < 4.78 is 10.1. The molecule has 5 nitrogen and oxygen atoms in total. The van der Waals surface area contributed by atoms with Gasteiger partial charge >= 0.3 is 5.97 Å². The fourth-order valence-electron chi connectivity index (χ4n) is 2.71. The van der Waals surface area contributed by atoms with Gasteiger partial charge in [0.2, 0.25) is 5.91 Å². The zero-order valence-electron chi connectivity index (χ0n) is 15.7.